The number of ether oxygens (including phenoxy) is 1. The van der Waals surface area contributed by atoms with E-state index in [-0.39, 0.29) is 5.92 Å². The Kier molecular flexibility index (Phi) is 5.05. The van der Waals surface area contributed by atoms with Crippen LogP contribution in [-0.2, 0) is 0 Å². The van der Waals surface area contributed by atoms with Crippen LogP contribution in [0.3, 0.4) is 0 Å². The second kappa shape index (κ2) is 7.73. The summed E-state index contributed by atoms with van der Waals surface area (Å²) < 4.78 is 13.9. The highest BCUT2D eigenvalue weighted by Gasteiger charge is 2.30. The van der Waals surface area contributed by atoms with Crippen LogP contribution in [0.5, 0.6) is 5.75 Å². The summed E-state index contributed by atoms with van der Waals surface area (Å²) >= 11 is 13.2. The molecular formula is C24H13Br2ClO3. The smallest absolute Gasteiger partial charge is 0.344 e. The van der Waals surface area contributed by atoms with Gasteiger partial charge in [0.05, 0.1) is 10.9 Å². The molecule has 1 atom stereocenters. The SMILES string of the molecule is O=c1oc2ccc(Cl)cc2c2c1C(c1ccc(Br)cc1)C=C(c1ccc(Br)cc1)O2. The predicted octanol–water partition coefficient (Wildman–Crippen LogP) is 7.54. The third-order valence-corrected chi connectivity index (χ3v) is 6.34. The highest BCUT2D eigenvalue weighted by Crippen LogP contribution is 2.43. The van der Waals surface area contributed by atoms with Gasteiger partial charge >= 0.3 is 5.63 Å². The molecule has 2 heterocycles. The van der Waals surface area contributed by atoms with Crippen LogP contribution in [0, 0.1) is 0 Å². The summed E-state index contributed by atoms with van der Waals surface area (Å²) in [6.45, 7) is 0. The van der Waals surface area contributed by atoms with Crippen LogP contribution in [0.2, 0.25) is 5.02 Å². The lowest BCUT2D eigenvalue weighted by atomic mass is 9.88. The van der Waals surface area contributed by atoms with E-state index >= 15 is 0 Å². The van der Waals surface area contributed by atoms with Crippen LogP contribution >= 0.6 is 43.5 Å². The minimum atomic E-state index is -0.418. The maximum absolute atomic E-state index is 13.0. The minimum Gasteiger partial charge on any atom is -0.456 e. The van der Waals surface area contributed by atoms with Crippen molar-refractivity contribution in [3.05, 3.63) is 114 Å². The lowest BCUT2D eigenvalue weighted by Crippen LogP contribution is -2.19. The molecular weight excluding hydrogens is 532 g/mol. The van der Waals surface area contributed by atoms with Gasteiger partial charge in [-0.2, -0.15) is 0 Å². The zero-order valence-electron chi connectivity index (χ0n) is 15.4. The molecule has 0 N–H and O–H groups in total. The van der Waals surface area contributed by atoms with Crippen LogP contribution in [0.15, 0.2) is 91.0 Å². The van der Waals surface area contributed by atoms with Gasteiger partial charge in [0, 0.05) is 25.4 Å². The van der Waals surface area contributed by atoms with E-state index in [1.165, 1.54) is 0 Å². The van der Waals surface area contributed by atoms with Crippen molar-refractivity contribution < 1.29 is 9.15 Å². The van der Waals surface area contributed by atoms with E-state index in [1.807, 2.05) is 54.6 Å². The molecule has 3 aromatic carbocycles. The predicted molar refractivity (Wildman–Crippen MR) is 126 cm³/mol. The first-order valence-electron chi connectivity index (χ1n) is 9.17. The van der Waals surface area contributed by atoms with Gasteiger partial charge in [-0.25, -0.2) is 4.79 Å². The Morgan fingerprint density at radius 3 is 2.23 bits per heavy atom. The fraction of sp³-hybridized carbons (Fsp3) is 0.0417. The Morgan fingerprint density at radius 1 is 0.867 bits per heavy atom. The van der Waals surface area contributed by atoms with Crippen LogP contribution < -0.4 is 10.4 Å². The molecule has 1 aromatic heterocycles. The zero-order chi connectivity index (χ0) is 20.8. The first kappa shape index (κ1) is 19.6. The molecule has 0 bridgehead atoms. The molecule has 1 unspecified atom stereocenters. The molecule has 0 radical (unpaired) electrons. The molecule has 0 fully saturated rings. The summed E-state index contributed by atoms with van der Waals surface area (Å²) in [5.74, 6) is 0.840. The van der Waals surface area contributed by atoms with Gasteiger partial charge in [-0.05, 0) is 54.1 Å². The van der Waals surface area contributed by atoms with E-state index in [1.54, 1.807) is 18.2 Å². The number of fused-ring (bicyclic) bond motifs is 3. The molecule has 0 saturated heterocycles. The summed E-state index contributed by atoms with van der Waals surface area (Å²) in [6.07, 6.45) is 1.96. The van der Waals surface area contributed by atoms with E-state index in [0.717, 1.165) is 20.1 Å². The van der Waals surface area contributed by atoms with Gasteiger partial charge in [-0.3, -0.25) is 0 Å². The number of halogens is 3. The van der Waals surface area contributed by atoms with Crippen LogP contribution in [0.4, 0.5) is 0 Å². The molecule has 0 saturated carbocycles. The number of rotatable bonds is 2. The first-order chi connectivity index (χ1) is 14.5. The molecule has 1 aliphatic heterocycles. The monoisotopic (exact) mass is 542 g/mol. The Hall–Kier alpha value is -2.34. The normalized spacial score (nSPS) is 15.4. The molecule has 0 spiro atoms. The van der Waals surface area contributed by atoms with Gasteiger partial charge in [-0.15, -0.1) is 0 Å². The fourth-order valence-corrected chi connectivity index (χ4v) is 4.32. The summed E-state index contributed by atoms with van der Waals surface area (Å²) in [5.41, 5.74) is 2.36. The molecule has 30 heavy (non-hydrogen) atoms. The fourth-order valence-electron chi connectivity index (χ4n) is 3.62. The van der Waals surface area contributed by atoms with Gasteiger partial charge in [0.1, 0.15) is 17.1 Å². The summed E-state index contributed by atoms with van der Waals surface area (Å²) in [4.78, 5) is 13.0. The number of hydrogen-bond acceptors (Lipinski definition) is 3. The Bertz CT molecular complexity index is 1360. The summed E-state index contributed by atoms with van der Waals surface area (Å²) in [7, 11) is 0. The topological polar surface area (TPSA) is 39.4 Å². The van der Waals surface area contributed by atoms with Gasteiger partial charge in [0.25, 0.3) is 0 Å². The Balaban J connectivity index is 1.79. The zero-order valence-corrected chi connectivity index (χ0v) is 19.3. The van der Waals surface area contributed by atoms with Crippen molar-refractivity contribution in [2.75, 3.05) is 0 Å². The second-order valence-corrected chi connectivity index (χ2v) is 9.21. The molecule has 0 amide bonds. The molecule has 4 aromatic rings. The Morgan fingerprint density at radius 2 is 1.53 bits per heavy atom. The number of hydrogen-bond donors (Lipinski definition) is 0. The van der Waals surface area contributed by atoms with E-state index in [0.29, 0.717) is 33.1 Å². The average molecular weight is 545 g/mol. The summed E-state index contributed by atoms with van der Waals surface area (Å²) in [6, 6.07) is 20.9. The molecule has 148 valence electrons. The van der Waals surface area contributed by atoms with E-state index < -0.39 is 5.63 Å². The third-order valence-electron chi connectivity index (χ3n) is 5.05. The Labute approximate surface area is 194 Å². The maximum Gasteiger partial charge on any atom is 0.344 e. The highest BCUT2D eigenvalue weighted by atomic mass is 79.9. The molecule has 3 nitrogen and oxygen atoms in total. The summed E-state index contributed by atoms with van der Waals surface area (Å²) in [5, 5.41) is 1.21. The largest absolute Gasteiger partial charge is 0.456 e. The van der Waals surface area contributed by atoms with Crippen molar-refractivity contribution in [3.63, 3.8) is 0 Å². The molecule has 1 aliphatic rings. The van der Waals surface area contributed by atoms with Crippen LogP contribution in [-0.4, -0.2) is 0 Å². The first-order valence-corrected chi connectivity index (χ1v) is 11.1. The quantitative estimate of drug-likeness (QED) is 0.245. The third kappa shape index (κ3) is 3.51. The highest BCUT2D eigenvalue weighted by molar-refractivity contribution is 9.10. The van der Waals surface area contributed by atoms with Gasteiger partial charge in [0.2, 0.25) is 0 Å². The van der Waals surface area contributed by atoms with Gasteiger partial charge in [-0.1, -0.05) is 67.7 Å². The lowest BCUT2D eigenvalue weighted by molar-refractivity contribution is 0.472. The molecule has 5 rings (SSSR count). The van der Waals surface area contributed by atoms with Gasteiger partial charge in [0.15, 0.2) is 0 Å². The van der Waals surface area contributed by atoms with Gasteiger partial charge < -0.3 is 9.15 Å². The second-order valence-electron chi connectivity index (χ2n) is 6.94. The van der Waals surface area contributed by atoms with Crippen molar-refractivity contribution in [1.82, 2.24) is 0 Å². The van der Waals surface area contributed by atoms with Crippen molar-refractivity contribution in [2.24, 2.45) is 0 Å². The lowest BCUT2D eigenvalue weighted by Gasteiger charge is -2.25. The molecule has 0 aliphatic carbocycles. The van der Waals surface area contributed by atoms with Crippen molar-refractivity contribution in [1.29, 1.82) is 0 Å². The molecule has 6 heteroatoms. The van der Waals surface area contributed by atoms with Crippen molar-refractivity contribution in [3.8, 4) is 5.75 Å². The van der Waals surface area contributed by atoms with Crippen LogP contribution in [0.25, 0.3) is 16.7 Å². The maximum atomic E-state index is 13.0. The van der Waals surface area contributed by atoms with E-state index in [4.69, 9.17) is 20.8 Å². The standard InChI is InChI=1S/C24H13Br2ClO3/c25-15-5-1-13(2-6-15)18-12-21(14-3-7-16(26)8-4-14)29-23-19-11-17(27)9-10-20(19)30-24(28)22(18)23/h1-12,18H. The van der Waals surface area contributed by atoms with Crippen molar-refractivity contribution >= 4 is 60.2 Å². The number of allylic oxidation sites excluding steroid dienone is 1. The van der Waals surface area contributed by atoms with Crippen LogP contribution in [0.1, 0.15) is 22.6 Å². The number of benzene rings is 3. The minimum absolute atomic E-state index is 0.319. The van der Waals surface area contributed by atoms with E-state index in [9.17, 15) is 4.79 Å². The van der Waals surface area contributed by atoms with Crippen molar-refractivity contribution in [2.45, 2.75) is 5.92 Å². The average Bonchev–Trinajstić information content (AvgIpc) is 2.75. The van der Waals surface area contributed by atoms with E-state index in [2.05, 4.69) is 31.9 Å².